The number of alkyl halides is 3. The van der Waals surface area contributed by atoms with E-state index in [1.165, 1.54) is 6.20 Å². The topological polar surface area (TPSA) is 54.2 Å². The van der Waals surface area contributed by atoms with E-state index in [1.54, 1.807) is 6.07 Å². The number of nitrogens with zero attached hydrogens (tertiary/aromatic N) is 4. The number of hydrogen-bond donors (Lipinski definition) is 1. The number of aromatic nitrogens is 3. The first-order chi connectivity index (χ1) is 10.8. The second kappa shape index (κ2) is 6.01. The molecule has 0 aromatic carbocycles. The minimum Gasteiger partial charge on any atom is -0.391 e. The van der Waals surface area contributed by atoms with Gasteiger partial charge in [-0.1, -0.05) is 11.6 Å². The van der Waals surface area contributed by atoms with Crippen molar-refractivity contribution in [1.29, 1.82) is 0 Å². The molecule has 0 aliphatic carbocycles. The zero-order valence-electron chi connectivity index (χ0n) is 12.0. The van der Waals surface area contributed by atoms with Crippen LogP contribution in [0.15, 0.2) is 24.7 Å². The third-order valence-corrected chi connectivity index (χ3v) is 3.95. The highest BCUT2D eigenvalue weighted by Crippen LogP contribution is 2.34. The molecule has 3 rings (SSSR count). The monoisotopic (exact) mass is 346 g/mol. The van der Waals surface area contributed by atoms with E-state index in [0.717, 1.165) is 18.8 Å². The maximum atomic E-state index is 12.7. The number of anilines is 1. The van der Waals surface area contributed by atoms with E-state index in [0.29, 0.717) is 36.3 Å². The summed E-state index contributed by atoms with van der Waals surface area (Å²) in [6.07, 6.45) is -0.0621. The molecule has 0 saturated carbocycles. The Morgan fingerprint density at radius 1 is 1.30 bits per heavy atom. The lowest BCUT2D eigenvalue weighted by molar-refractivity contribution is -0.212. The van der Waals surface area contributed by atoms with Gasteiger partial charge in [-0.2, -0.15) is 9.78 Å². The van der Waals surface area contributed by atoms with E-state index in [-0.39, 0.29) is 9.83 Å². The van der Waals surface area contributed by atoms with E-state index < -0.39 is 12.4 Å². The van der Waals surface area contributed by atoms with E-state index in [1.807, 2.05) is 4.90 Å². The second-order valence-electron chi connectivity index (χ2n) is 5.41. The predicted octanol–water partition coefficient (Wildman–Crippen LogP) is 3.04. The maximum absolute atomic E-state index is 12.7. The fraction of sp³-hybridized carbons (Fsp3) is 0.429. The summed E-state index contributed by atoms with van der Waals surface area (Å²) in [6, 6.07) is 1.60. The fourth-order valence-corrected chi connectivity index (χ4v) is 2.83. The summed E-state index contributed by atoms with van der Waals surface area (Å²) in [5.41, 5.74) is 1.44. The summed E-state index contributed by atoms with van der Waals surface area (Å²) in [5.74, 6) is 0. The number of aliphatic hydroxyl groups excluding tert-OH is 1. The Bertz CT molecular complexity index is 704. The number of β-amino-alcohol motifs (C(OH)–C–C–N with tert-alkyl or cyclic N) is 1. The highest BCUT2D eigenvalue weighted by atomic mass is 35.5. The van der Waals surface area contributed by atoms with Crippen molar-refractivity contribution in [3.63, 3.8) is 0 Å². The molecule has 0 unspecified atom stereocenters. The highest BCUT2D eigenvalue weighted by Gasteiger charge is 2.32. The van der Waals surface area contributed by atoms with Gasteiger partial charge in [0.05, 0.1) is 12.3 Å². The number of rotatable bonds is 2. The van der Waals surface area contributed by atoms with E-state index in [9.17, 15) is 18.3 Å². The molecule has 0 amide bonds. The number of aliphatic hydroxyl groups is 1. The van der Waals surface area contributed by atoms with E-state index in [4.69, 9.17) is 11.6 Å². The van der Waals surface area contributed by atoms with Crippen LogP contribution in [0, 0.1) is 0 Å². The van der Waals surface area contributed by atoms with Crippen LogP contribution in [0.25, 0.3) is 11.1 Å². The Labute approximate surface area is 135 Å². The van der Waals surface area contributed by atoms with Crippen molar-refractivity contribution in [2.75, 3.05) is 18.0 Å². The van der Waals surface area contributed by atoms with Crippen LogP contribution in [0.2, 0.25) is 5.15 Å². The Hall–Kier alpha value is -1.80. The Kier molecular flexibility index (Phi) is 4.20. The summed E-state index contributed by atoms with van der Waals surface area (Å²) in [7, 11) is 0. The average Bonchev–Trinajstić information content (AvgIpc) is 2.97. The van der Waals surface area contributed by atoms with E-state index >= 15 is 0 Å². The van der Waals surface area contributed by atoms with Gasteiger partial charge in [-0.3, -0.25) is 0 Å². The quantitative estimate of drug-likeness (QED) is 0.849. The third-order valence-electron chi connectivity index (χ3n) is 3.74. The lowest BCUT2D eigenvalue weighted by atomic mass is 10.0. The molecule has 5 nitrogen and oxygen atoms in total. The van der Waals surface area contributed by atoms with Crippen molar-refractivity contribution in [2.45, 2.75) is 25.2 Å². The van der Waals surface area contributed by atoms with Gasteiger partial charge in [0.25, 0.3) is 0 Å². The molecule has 1 atom stereocenters. The van der Waals surface area contributed by atoms with Gasteiger partial charge in [-0.25, -0.2) is 4.98 Å². The predicted molar refractivity (Wildman–Crippen MR) is 79.2 cm³/mol. The summed E-state index contributed by atoms with van der Waals surface area (Å²) in [4.78, 5) is 5.86. The van der Waals surface area contributed by atoms with Gasteiger partial charge in [-0.15, -0.1) is 13.2 Å². The van der Waals surface area contributed by atoms with Crippen LogP contribution in [-0.2, 0) is 6.30 Å². The first-order valence-corrected chi connectivity index (χ1v) is 7.43. The fourth-order valence-electron chi connectivity index (χ4n) is 2.68. The van der Waals surface area contributed by atoms with Gasteiger partial charge in [-0.05, 0) is 18.9 Å². The summed E-state index contributed by atoms with van der Waals surface area (Å²) >= 11 is 5.94. The van der Waals surface area contributed by atoms with Gasteiger partial charge >= 0.3 is 6.30 Å². The third kappa shape index (κ3) is 3.42. The van der Waals surface area contributed by atoms with Crippen LogP contribution in [-0.4, -0.2) is 39.1 Å². The van der Waals surface area contributed by atoms with Crippen LogP contribution in [0.4, 0.5) is 18.9 Å². The van der Waals surface area contributed by atoms with Crippen molar-refractivity contribution in [3.05, 3.63) is 29.8 Å². The lowest BCUT2D eigenvalue weighted by Gasteiger charge is -2.33. The number of halogens is 4. The van der Waals surface area contributed by atoms with Crippen molar-refractivity contribution in [1.82, 2.24) is 14.8 Å². The standard InChI is InChI=1S/C14H14ClF3N4O/c15-13-4-12(21-3-1-2-10(23)8-21)11(6-19-13)9-5-20-22(7-9)14(16,17)18/h4-7,10,23H,1-3,8H2/t10-/m0/s1. The smallest absolute Gasteiger partial charge is 0.391 e. The van der Waals surface area contributed by atoms with Crippen LogP contribution in [0.1, 0.15) is 12.8 Å². The maximum Gasteiger partial charge on any atom is 0.504 e. The molecule has 2 aromatic rings. The first-order valence-electron chi connectivity index (χ1n) is 7.05. The molecule has 0 radical (unpaired) electrons. The normalized spacial score (nSPS) is 19.2. The molecular weight excluding hydrogens is 333 g/mol. The molecule has 1 saturated heterocycles. The van der Waals surface area contributed by atoms with E-state index in [2.05, 4.69) is 10.1 Å². The van der Waals surface area contributed by atoms with Crippen LogP contribution in [0.5, 0.6) is 0 Å². The van der Waals surface area contributed by atoms with Crippen molar-refractivity contribution in [3.8, 4) is 11.1 Å². The van der Waals surface area contributed by atoms with Crippen molar-refractivity contribution < 1.29 is 18.3 Å². The molecule has 1 aliphatic rings. The molecule has 2 aromatic heterocycles. The summed E-state index contributed by atoms with van der Waals surface area (Å²) < 4.78 is 38.1. The Morgan fingerprint density at radius 2 is 2.09 bits per heavy atom. The SMILES string of the molecule is O[C@H]1CCCN(c2cc(Cl)ncc2-c2cnn(C(F)(F)F)c2)C1. The Morgan fingerprint density at radius 3 is 2.74 bits per heavy atom. The molecule has 1 N–H and O–H groups in total. The molecule has 124 valence electrons. The number of hydrogen-bond acceptors (Lipinski definition) is 4. The Balaban J connectivity index is 2.00. The van der Waals surface area contributed by atoms with Gasteiger partial charge < -0.3 is 10.0 Å². The van der Waals surface area contributed by atoms with Crippen molar-refractivity contribution in [2.24, 2.45) is 0 Å². The van der Waals surface area contributed by atoms with Crippen LogP contribution < -0.4 is 4.90 Å². The molecule has 23 heavy (non-hydrogen) atoms. The summed E-state index contributed by atoms with van der Waals surface area (Å²) in [5, 5.41) is 13.4. The largest absolute Gasteiger partial charge is 0.504 e. The molecule has 3 heterocycles. The zero-order valence-corrected chi connectivity index (χ0v) is 12.7. The highest BCUT2D eigenvalue weighted by molar-refractivity contribution is 6.29. The van der Waals surface area contributed by atoms with Crippen LogP contribution >= 0.6 is 11.6 Å². The number of piperidine rings is 1. The molecular formula is C14H14ClF3N4O. The number of pyridine rings is 1. The molecule has 1 aliphatic heterocycles. The van der Waals surface area contributed by atoms with Crippen LogP contribution in [0.3, 0.4) is 0 Å². The molecule has 1 fully saturated rings. The minimum absolute atomic E-state index is 0.0498. The second-order valence-corrected chi connectivity index (χ2v) is 5.79. The molecule has 9 heteroatoms. The van der Waals surface area contributed by atoms with Crippen molar-refractivity contribution >= 4 is 17.3 Å². The van der Waals surface area contributed by atoms with Gasteiger partial charge in [0, 0.05) is 42.3 Å². The molecule has 0 spiro atoms. The van der Waals surface area contributed by atoms with Gasteiger partial charge in [0.2, 0.25) is 0 Å². The average molecular weight is 347 g/mol. The lowest BCUT2D eigenvalue weighted by Crippen LogP contribution is -2.38. The minimum atomic E-state index is -4.57. The zero-order chi connectivity index (χ0) is 16.6. The molecule has 0 bridgehead atoms. The van der Waals surface area contributed by atoms with Gasteiger partial charge in [0.15, 0.2) is 0 Å². The summed E-state index contributed by atoms with van der Waals surface area (Å²) in [6.45, 7) is 1.10. The first kappa shape index (κ1) is 16.1. The van der Waals surface area contributed by atoms with Gasteiger partial charge in [0.1, 0.15) is 5.15 Å².